The number of benzene rings is 3. The number of ether oxygens (including phenoxy) is 2. The Morgan fingerprint density at radius 3 is 2.20 bits per heavy atom. The van der Waals surface area contributed by atoms with Crippen LogP contribution in [0.4, 0.5) is 5.69 Å². The van der Waals surface area contributed by atoms with Crippen molar-refractivity contribution in [2.24, 2.45) is 5.73 Å². The van der Waals surface area contributed by atoms with E-state index in [4.69, 9.17) is 15.2 Å². The lowest BCUT2D eigenvalue weighted by Crippen LogP contribution is -2.51. The van der Waals surface area contributed by atoms with Crippen molar-refractivity contribution >= 4 is 17.5 Å². The van der Waals surface area contributed by atoms with Crippen LogP contribution in [-0.2, 0) is 12.0 Å². The second-order valence-corrected chi connectivity index (χ2v) is 11.5. The molecule has 3 N–H and O–H groups in total. The van der Waals surface area contributed by atoms with Gasteiger partial charge in [-0.3, -0.25) is 9.59 Å². The Labute approximate surface area is 237 Å². The molecular weight excluding hydrogens is 502 g/mol. The standard InChI is InChI=1S/C33H41N3O4/c1-33(2,3)25-17-14-22(15-18-25)31(37)35-27-12-8-6-10-24(27)21-36(28-13-9-7-11-26(28)34)32(38)23-16-19-29(39-4)30(20-23)40-5/h6,8,10,12,14-20,26,28H,7,9,11,13,21,34H2,1-5H3,(H,35,37). The van der Waals surface area contributed by atoms with Crippen molar-refractivity contribution in [3.63, 3.8) is 0 Å². The van der Waals surface area contributed by atoms with Gasteiger partial charge in [-0.25, -0.2) is 0 Å². The average molecular weight is 544 g/mol. The second-order valence-electron chi connectivity index (χ2n) is 11.5. The minimum atomic E-state index is -0.194. The van der Waals surface area contributed by atoms with Crippen LogP contribution in [0.3, 0.4) is 0 Å². The van der Waals surface area contributed by atoms with Crippen molar-refractivity contribution in [3.05, 3.63) is 89.0 Å². The van der Waals surface area contributed by atoms with Gasteiger partial charge in [0.05, 0.1) is 14.2 Å². The Morgan fingerprint density at radius 2 is 1.55 bits per heavy atom. The van der Waals surface area contributed by atoms with Crippen molar-refractivity contribution < 1.29 is 19.1 Å². The highest BCUT2D eigenvalue weighted by Gasteiger charge is 2.32. The van der Waals surface area contributed by atoms with E-state index in [9.17, 15) is 9.59 Å². The molecule has 0 radical (unpaired) electrons. The van der Waals surface area contributed by atoms with Gasteiger partial charge in [-0.1, -0.05) is 63.9 Å². The highest BCUT2D eigenvalue weighted by atomic mass is 16.5. The number of nitrogens with one attached hydrogen (secondary N) is 1. The Hall–Kier alpha value is -3.84. The number of rotatable bonds is 8. The van der Waals surface area contributed by atoms with Crippen molar-refractivity contribution in [1.29, 1.82) is 0 Å². The van der Waals surface area contributed by atoms with Crippen LogP contribution in [0.25, 0.3) is 0 Å². The van der Waals surface area contributed by atoms with E-state index in [1.807, 2.05) is 53.4 Å². The molecular formula is C33H41N3O4. The Balaban J connectivity index is 1.62. The number of carbonyl (C=O) groups is 2. The fourth-order valence-electron chi connectivity index (χ4n) is 5.28. The van der Waals surface area contributed by atoms with Crippen molar-refractivity contribution in [1.82, 2.24) is 4.90 Å². The highest BCUT2D eigenvalue weighted by Crippen LogP contribution is 2.31. The van der Waals surface area contributed by atoms with E-state index in [0.717, 1.165) is 36.8 Å². The number of nitrogens with zero attached hydrogens (tertiary/aromatic N) is 1. The molecule has 3 aromatic rings. The van der Waals surface area contributed by atoms with Gasteiger partial charge in [0.1, 0.15) is 0 Å². The van der Waals surface area contributed by atoms with Crippen LogP contribution in [-0.4, -0.2) is 43.0 Å². The minimum absolute atomic E-state index is 0.00543. The first kappa shape index (κ1) is 29.2. The van der Waals surface area contributed by atoms with Gasteiger partial charge in [0.25, 0.3) is 11.8 Å². The normalized spacial score (nSPS) is 17.1. The molecule has 7 nitrogen and oxygen atoms in total. The maximum Gasteiger partial charge on any atom is 0.255 e. The molecule has 3 aromatic carbocycles. The van der Waals surface area contributed by atoms with Crippen molar-refractivity contribution in [2.75, 3.05) is 19.5 Å². The van der Waals surface area contributed by atoms with Gasteiger partial charge in [-0.2, -0.15) is 0 Å². The average Bonchev–Trinajstić information content (AvgIpc) is 2.96. The third kappa shape index (κ3) is 6.65. The summed E-state index contributed by atoms with van der Waals surface area (Å²) in [6, 6.07) is 20.3. The van der Waals surface area contributed by atoms with E-state index in [-0.39, 0.29) is 29.3 Å². The van der Waals surface area contributed by atoms with Crippen LogP contribution in [0.1, 0.15) is 78.3 Å². The van der Waals surface area contributed by atoms with Crippen LogP contribution in [0.2, 0.25) is 0 Å². The van der Waals surface area contributed by atoms with E-state index >= 15 is 0 Å². The van der Waals surface area contributed by atoms with Crippen LogP contribution in [0.5, 0.6) is 11.5 Å². The largest absolute Gasteiger partial charge is 0.493 e. The third-order valence-corrected chi connectivity index (χ3v) is 7.69. The third-order valence-electron chi connectivity index (χ3n) is 7.69. The first-order chi connectivity index (χ1) is 19.1. The van der Waals surface area contributed by atoms with Crippen LogP contribution in [0.15, 0.2) is 66.7 Å². The summed E-state index contributed by atoms with van der Waals surface area (Å²) >= 11 is 0. The predicted octanol–water partition coefficient (Wildman–Crippen LogP) is 6.17. The Kier molecular flexibility index (Phi) is 9.15. The number of para-hydroxylation sites is 1. The zero-order valence-corrected chi connectivity index (χ0v) is 24.2. The van der Waals surface area contributed by atoms with Crippen molar-refractivity contribution in [2.45, 2.75) is 70.5 Å². The predicted molar refractivity (Wildman–Crippen MR) is 159 cm³/mol. The molecule has 1 saturated carbocycles. The number of anilines is 1. The van der Waals surface area contributed by atoms with Gasteiger partial charge in [-0.05, 0) is 65.8 Å². The number of carbonyl (C=O) groups excluding carboxylic acids is 2. The van der Waals surface area contributed by atoms with Crippen LogP contribution < -0.4 is 20.5 Å². The van der Waals surface area contributed by atoms with Gasteiger partial charge >= 0.3 is 0 Å². The molecule has 2 unspecified atom stereocenters. The molecule has 1 fully saturated rings. The van der Waals surface area contributed by atoms with Gasteiger partial charge in [-0.15, -0.1) is 0 Å². The van der Waals surface area contributed by atoms with Gasteiger partial charge < -0.3 is 25.4 Å². The lowest BCUT2D eigenvalue weighted by Gasteiger charge is -2.39. The monoisotopic (exact) mass is 543 g/mol. The minimum Gasteiger partial charge on any atom is -0.493 e. The quantitative estimate of drug-likeness (QED) is 0.355. The van der Waals surface area contributed by atoms with E-state index in [2.05, 4.69) is 26.1 Å². The highest BCUT2D eigenvalue weighted by molar-refractivity contribution is 6.04. The summed E-state index contributed by atoms with van der Waals surface area (Å²) in [7, 11) is 3.12. The zero-order chi connectivity index (χ0) is 28.9. The molecule has 2 atom stereocenters. The summed E-state index contributed by atoms with van der Waals surface area (Å²) in [6.45, 7) is 6.74. The first-order valence-electron chi connectivity index (χ1n) is 13.9. The van der Waals surface area contributed by atoms with E-state index in [1.54, 1.807) is 32.4 Å². The summed E-state index contributed by atoms with van der Waals surface area (Å²) in [4.78, 5) is 29.1. The molecule has 7 heteroatoms. The number of hydrogen-bond donors (Lipinski definition) is 2. The van der Waals surface area contributed by atoms with Crippen LogP contribution >= 0.6 is 0 Å². The smallest absolute Gasteiger partial charge is 0.255 e. The van der Waals surface area contributed by atoms with E-state index in [1.165, 1.54) is 0 Å². The summed E-state index contributed by atoms with van der Waals surface area (Å²) < 4.78 is 10.8. The molecule has 2 amide bonds. The molecule has 0 aliphatic heterocycles. The lowest BCUT2D eigenvalue weighted by atomic mass is 9.86. The lowest BCUT2D eigenvalue weighted by molar-refractivity contribution is 0.0584. The molecule has 40 heavy (non-hydrogen) atoms. The van der Waals surface area contributed by atoms with Crippen molar-refractivity contribution in [3.8, 4) is 11.5 Å². The number of amides is 2. The molecule has 0 aromatic heterocycles. The van der Waals surface area contributed by atoms with E-state index < -0.39 is 0 Å². The fourth-order valence-corrected chi connectivity index (χ4v) is 5.28. The van der Waals surface area contributed by atoms with Gasteiger partial charge in [0.2, 0.25) is 0 Å². The molecule has 212 valence electrons. The molecule has 0 spiro atoms. The molecule has 0 bridgehead atoms. The summed E-state index contributed by atoms with van der Waals surface area (Å²) in [5.74, 6) is 0.720. The topological polar surface area (TPSA) is 93.9 Å². The zero-order valence-electron chi connectivity index (χ0n) is 24.2. The van der Waals surface area contributed by atoms with Gasteiger partial charge in [0, 0.05) is 35.4 Å². The Morgan fingerprint density at radius 1 is 0.900 bits per heavy atom. The summed E-state index contributed by atoms with van der Waals surface area (Å²) in [5, 5.41) is 3.07. The molecule has 0 saturated heterocycles. The molecule has 4 rings (SSSR count). The van der Waals surface area contributed by atoms with Gasteiger partial charge in [0.15, 0.2) is 11.5 Å². The SMILES string of the molecule is COc1ccc(C(=O)N(Cc2ccccc2NC(=O)c2ccc(C(C)(C)C)cc2)C2CCCCC2N)cc1OC. The maximum absolute atomic E-state index is 14.0. The molecule has 1 aliphatic carbocycles. The number of hydrogen-bond acceptors (Lipinski definition) is 5. The summed E-state index contributed by atoms with van der Waals surface area (Å²) in [5.41, 5.74) is 10.3. The molecule has 0 heterocycles. The summed E-state index contributed by atoms with van der Waals surface area (Å²) in [6.07, 6.45) is 3.76. The first-order valence-corrected chi connectivity index (χ1v) is 13.9. The molecule has 1 aliphatic rings. The number of nitrogens with two attached hydrogens (primary N) is 1. The fraction of sp³-hybridized carbons (Fsp3) is 0.394. The Bertz CT molecular complexity index is 1330. The number of methoxy groups -OCH3 is 2. The van der Waals surface area contributed by atoms with E-state index in [0.29, 0.717) is 34.9 Å². The second kappa shape index (κ2) is 12.6. The van der Waals surface area contributed by atoms with Crippen LogP contribution in [0, 0.1) is 0 Å². The maximum atomic E-state index is 14.0.